The number of benzene rings is 2. The van der Waals surface area contributed by atoms with Crippen LogP contribution in [0.5, 0.6) is 5.75 Å². The first kappa shape index (κ1) is 82.0. The predicted octanol–water partition coefficient (Wildman–Crippen LogP) is 0.983. The minimum Gasteiger partial charge on any atom is -0.479 e. The first-order valence-electron chi connectivity index (χ1n) is 32.1. The average Bonchev–Trinajstić information content (AvgIpc) is 0.960. The zero-order valence-electron chi connectivity index (χ0n) is 58.4. The summed E-state index contributed by atoms with van der Waals surface area (Å²) < 4.78 is 28.3. The number of nitrogens with two attached hydrogens (primary N) is 1. The van der Waals surface area contributed by atoms with Crippen LogP contribution in [-0.4, -0.2) is 220 Å². The number of aliphatic hydroxyl groups is 3. The molecular weight excluding hydrogens is 1280 g/mol. The molecule has 14 N–H and O–H groups in total. The number of carbonyl (C=O) groups excluding carboxylic acids is 9. The Morgan fingerprint density at radius 1 is 0.776 bits per heavy atom. The topological polar surface area (TPSA) is 452 Å². The van der Waals surface area contributed by atoms with Crippen LogP contribution in [0.15, 0.2) is 66.3 Å². The summed E-state index contributed by atoms with van der Waals surface area (Å²) in [4.78, 5) is 147. The summed E-state index contributed by atoms with van der Waals surface area (Å²) in [7, 11) is 4.74. The third kappa shape index (κ3) is 23.4. The number of anilines is 1. The largest absolute Gasteiger partial charge is 0.479 e. The van der Waals surface area contributed by atoms with Crippen molar-refractivity contribution >= 4 is 71.0 Å². The third-order valence-electron chi connectivity index (χ3n) is 17.0. The zero-order valence-corrected chi connectivity index (χ0v) is 58.4. The number of hydrogen-bond acceptors (Lipinski definition) is 21. The molecule has 2 aromatic rings. The van der Waals surface area contributed by atoms with Crippen molar-refractivity contribution < 1.29 is 102 Å². The highest BCUT2D eigenvalue weighted by molar-refractivity contribution is 6.15. The number of likely N-dealkylation sites (N-methyl/N-ethyl adjacent to an activating group) is 2. The molecule has 0 aromatic heterocycles. The van der Waals surface area contributed by atoms with Crippen molar-refractivity contribution in [2.75, 3.05) is 52.8 Å². The van der Waals surface area contributed by atoms with Crippen LogP contribution in [-0.2, 0) is 85.5 Å². The highest BCUT2D eigenvalue weighted by Gasteiger charge is 2.49. The molecule has 0 bridgehead atoms. The highest BCUT2D eigenvalue weighted by Crippen LogP contribution is 2.33. The maximum Gasteiger partial charge on any atom is 0.411 e. The molecule has 0 radical (unpaired) electrons. The van der Waals surface area contributed by atoms with Crippen molar-refractivity contribution in [3.63, 3.8) is 0 Å². The molecule has 2 aromatic carbocycles. The van der Waals surface area contributed by atoms with Gasteiger partial charge < -0.3 is 91.8 Å². The molecule has 0 saturated carbocycles. The molecule has 1 saturated heterocycles. The van der Waals surface area contributed by atoms with Gasteiger partial charge in [0.05, 0.1) is 29.9 Å². The number of nitrogens with zero attached hydrogens (tertiary/aromatic N) is 2. The number of nitrogens with one attached hydrogen (secondary N) is 7. The van der Waals surface area contributed by atoms with E-state index in [-0.39, 0.29) is 54.4 Å². The molecule has 9 amide bonds. The van der Waals surface area contributed by atoms with Gasteiger partial charge in [-0.1, -0.05) is 72.7 Å². The molecule has 0 aliphatic carbocycles. The number of amides is 9. The molecule has 2 aliphatic heterocycles. The Bertz CT molecular complexity index is 3240. The quantitative estimate of drug-likeness (QED) is 0.0334. The lowest BCUT2D eigenvalue weighted by molar-refractivity contribution is -0.271. The maximum absolute atomic E-state index is 14.3. The molecule has 1 fully saturated rings. The van der Waals surface area contributed by atoms with E-state index in [0.717, 1.165) is 12.2 Å². The first-order valence-corrected chi connectivity index (χ1v) is 32.1. The molecule has 0 spiro atoms. The standard InChI is InChI=1S/C67H100N10O21/c1-36(2)43(29-37(3)60(89)90)76(14)59(88)55(64(4,5)6)75-58(87)54(69-13)67(11,12)40-17-16-18-41(31-40)73-63(93)95-35-38-19-20-45(97-62-52(84)50(82)51(83)53(98-62)61(91)92)39(30-38)33-71-47(79)24-27-70-56(85)42(74-57(86)44(32-68)77-48(80)21-22-49(77)81)34-72-46(78)23-25-66(9,10)96-28-26-65(7,8)94-15/h16-22,29-31,36,42-44,50-55,62,69,82-84H,23-28,32-35,68H2,1-15H3,(H,70,85)(H,71,79)(H,72,78)(H,73,93)(H,74,86)(H,75,87)(H,89,90)(H,91,92)/b37-29+/t42-,43+,44-,50-,51-,52+,53-,54+,55+,62+/m0/s1. The first-order chi connectivity index (χ1) is 45.6. The number of methoxy groups -OCH3 is 1. The van der Waals surface area contributed by atoms with Gasteiger partial charge in [0.2, 0.25) is 41.7 Å². The van der Waals surface area contributed by atoms with E-state index in [1.807, 2.05) is 27.7 Å². The number of carboxylic acid groups (broad SMARTS) is 2. The van der Waals surface area contributed by atoms with Crippen LogP contribution in [0.3, 0.4) is 0 Å². The lowest BCUT2D eigenvalue weighted by atomic mass is 9.76. The second kappa shape index (κ2) is 35.9. The van der Waals surface area contributed by atoms with Crippen LogP contribution in [0.25, 0.3) is 0 Å². The molecule has 31 nitrogen and oxygen atoms in total. The number of aliphatic hydroxyl groups excluding tert-OH is 3. The zero-order chi connectivity index (χ0) is 73.9. The number of ether oxygens (including phenoxy) is 5. The highest BCUT2D eigenvalue weighted by atomic mass is 16.7. The van der Waals surface area contributed by atoms with E-state index in [9.17, 15) is 78.3 Å². The van der Waals surface area contributed by atoms with Crippen LogP contribution >= 0.6 is 0 Å². The van der Waals surface area contributed by atoms with Gasteiger partial charge in [-0.2, -0.15) is 0 Å². The van der Waals surface area contributed by atoms with Crippen molar-refractivity contribution in [2.45, 2.75) is 199 Å². The fraction of sp³-hybridized carbons (Fsp3) is 0.597. The Hall–Kier alpha value is -8.43. The number of aliphatic carboxylic acids is 2. The van der Waals surface area contributed by atoms with Crippen molar-refractivity contribution in [3.05, 3.63) is 83.0 Å². The number of hydrogen-bond donors (Lipinski definition) is 13. The van der Waals surface area contributed by atoms with Gasteiger partial charge >= 0.3 is 18.0 Å². The molecule has 0 unspecified atom stereocenters. The number of carboxylic acids is 2. The van der Waals surface area contributed by atoms with Gasteiger partial charge in [-0.25, -0.2) is 14.4 Å². The maximum atomic E-state index is 14.3. The number of rotatable bonds is 36. The van der Waals surface area contributed by atoms with Crippen LogP contribution in [0.4, 0.5) is 10.5 Å². The van der Waals surface area contributed by atoms with E-state index < -0.39 is 174 Å². The Morgan fingerprint density at radius 2 is 1.42 bits per heavy atom. The summed E-state index contributed by atoms with van der Waals surface area (Å²) in [6, 6.07) is 5.11. The van der Waals surface area contributed by atoms with E-state index >= 15 is 0 Å². The van der Waals surface area contributed by atoms with Crippen molar-refractivity contribution in [1.29, 1.82) is 0 Å². The van der Waals surface area contributed by atoms with Gasteiger partial charge in [0, 0.05) is 87.6 Å². The Labute approximate surface area is 570 Å². The van der Waals surface area contributed by atoms with Gasteiger partial charge in [-0.3, -0.25) is 48.6 Å². The van der Waals surface area contributed by atoms with Gasteiger partial charge in [-0.15, -0.1) is 0 Å². The van der Waals surface area contributed by atoms with Crippen molar-refractivity contribution in [1.82, 2.24) is 41.7 Å². The normalized spacial score (nSPS) is 19.1. The molecule has 4 rings (SSSR count). The summed E-state index contributed by atoms with van der Waals surface area (Å²) in [6.45, 7) is 19.7. The van der Waals surface area contributed by atoms with Crippen molar-refractivity contribution in [2.24, 2.45) is 17.1 Å². The third-order valence-corrected chi connectivity index (χ3v) is 17.0. The van der Waals surface area contributed by atoms with Gasteiger partial charge in [-0.05, 0) is 101 Å². The molecular formula is C67H100N10O21. The summed E-state index contributed by atoms with van der Waals surface area (Å²) in [5.74, 6) is -8.79. The van der Waals surface area contributed by atoms with E-state index in [2.05, 4.69) is 37.2 Å². The van der Waals surface area contributed by atoms with Gasteiger partial charge in [0.25, 0.3) is 11.8 Å². The molecule has 2 aliphatic rings. The fourth-order valence-electron chi connectivity index (χ4n) is 10.5. The van der Waals surface area contributed by atoms with E-state index in [1.54, 1.807) is 93.9 Å². The van der Waals surface area contributed by atoms with E-state index in [4.69, 9.17) is 29.4 Å². The summed E-state index contributed by atoms with van der Waals surface area (Å²) >= 11 is 0. The average molecular weight is 1380 g/mol. The summed E-state index contributed by atoms with van der Waals surface area (Å²) in [6.07, 6.45) is -7.15. The SMILES string of the molecule is CN[C@H](C(=O)N[C@H](C(=O)N(C)[C@H](/C=C(\C)C(=O)O)C(C)C)C(C)(C)C)C(C)(C)c1cccc(NC(=O)OCc2ccc(O[C@@H]3O[C@H](C(=O)O)[C@@H](O)[C@H](O)[C@H]3O)c(CNC(=O)CCNC(=O)[C@H](CNC(=O)CCC(C)(C)OCCC(C)(C)OC)NC(=O)[C@H](CN)N3C(=O)C=CC3=O)c2)c1. The fourth-order valence-corrected chi connectivity index (χ4v) is 10.5. The molecule has 98 heavy (non-hydrogen) atoms. The molecule has 31 heteroatoms. The van der Waals surface area contributed by atoms with E-state index in [1.165, 1.54) is 36.1 Å². The minimum atomic E-state index is -2.05. The van der Waals surface area contributed by atoms with E-state index in [0.29, 0.717) is 29.1 Å². The number of imide groups is 1. The molecule has 10 atom stereocenters. The second-order valence-electron chi connectivity index (χ2n) is 27.3. The second-order valence-corrected chi connectivity index (χ2v) is 27.3. The predicted molar refractivity (Wildman–Crippen MR) is 355 cm³/mol. The van der Waals surface area contributed by atoms with Gasteiger partial charge in [0.15, 0.2) is 6.10 Å². The smallest absolute Gasteiger partial charge is 0.411 e. The summed E-state index contributed by atoms with van der Waals surface area (Å²) in [5.41, 5.74) is 4.16. The minimum absolute atomic E-state index is 0.0546. The van der Waals surface area contributed by atoms with Crippen LogP contribution in [0.1, 0.15) is 125 Å². The van der Waals surface area contributed by atoms with Crippen molar-refractivity contribution in [3.8, 4) is 5.75 Å². The van der Waals surface area contributed by atoms with Crippen LogP contribution < -0.4 is 47.7 Å². The monoisotopic (exact) mass is 1380 g/mol. The van der Waals surface area contributed by atoms with Gasteiger partial charge in [0.1, 0.15) is 48.8 Å². The lowest BCUT2D eigenvalue weighted by Crippen LogP contribution is -2.61. The number of carbonyl (C=O) groups is 11. The Balaban J connectivity index is 1.51. The van der Waals surface area contributed by atoms with Crippen LogP contribution in [0, 0.1) is 11.3 Å². The lowest BCUT2D eigenvalue weighted by Gasteiger charge is -2.40. The molecule has 2 heterocycles. The Kier molecular flexibility index (Phi) is 30.0. The summed E-state index contributed by atoms with van der Waals surface area (Å²) in [5, 5.41) is 69.9. The Morgan fingerprint density at radius 3 is 2.00 bits per heavy atom. The molecule has 544 valence electrons. The van der Waals surface area contributed by atoms with Crippen LogP contribution in [0.2, 0.25) is 0 Å².